The van der Waals surface area contributed by atoms with Gasteiger partial charge in [0.15, 0.2) is 0 Å². The van der Waals surface area contributed by atoms with E-state index >= 15 is 0 Å². The van der Waals surface area contributed by atoms with E-state index in [0.29, 0.717) is 10.0 Å². The molecule has 0 bridgehead atoms. The number of nitrogens with one attached hydrogen (secondary N) is 1. The number of anilines is 2. The molecule has 0 fully saturated rings. The minimum Gasteiger partial charge on any atom is -0.325 e. The molecule has 118 valence electrons. The average molecular weight is 354 g/mol. The Morgan fingerprint density at radius 2 is 1.38 bits per heavy atom. The molecule has 0 aliphatic carbocycles. The molecule has 24 heavy (non-hydrogen) atoms. The van der Waals surface area contributed by atoms with Crippen LogP contribution in [0.25, 0.3) is 16.7 Å². The van der Waals surface area contributed by atoms with Crippen molar-refractivity contribution in [3.63, 3.8) is 0 Å². The molecule has 0 saturated heterocycles. The summed E-state index contributed by atoms with van der Waals surface area (Å²) in [7, 11) is 0. The second kappa shape index (κ2) is 6.19. The summed E-state index contributed by atoms with van der Waals surface area (Å²) >= 11 is 12.0. The van der Waals surface area contributed by atoms with Crippen LogP contribution in [0.1, 0.15) is 0 Å². The number of hydrogen-bond donors (Lipinski definition) is 1. The molecule has 0 spiro atoms. The zero-order valence-corrected chi connectivity index (χ0v) is 14.1. The molecule has 0 aliphatic rings. The van der Waals surface area contributed by atoms with Crippen LogP contribution in [0.2, 0.25) is 10.0 Å². The molecular weight excluding hydrogens is 341 g/mol. The fourth-order valence-corrected chi connectivity index (χ4v) is 2.88. The number of hydrogen-bond acceptors (Lipinski definition) is 2. The van der Waals surface area contributed by atoms with E-state index in [-0.39, 0.29) is 0 Å². The van der Waals surface area contributed by atoms with Crippen molar-refractivity contribution in [1.82, 2.24) is 9.55 Å². The molecule has 0 radical (unpaired) electrons. The summed E-state index contributed by atoms with van der Waals surface area (Å²) in [4.78, 5) is 4.72. The van der Waals surface area contributed by atoms with Gasteiger partial charge in [-0.05, 0) is 60.7 Å². The maximum Gasteiger partial charge on any atom is 0.213 e. The van der Waals surface area contributed by atoms with Gasteiger partial charge in [0, 0.05) is 21.4 Å². The van der Waals surface area contributed by atoms with E-state index in [0.717, 1.165) is 28.4 Å². The second-order valence-corrected chi connectivity index (χ2v) is 6.24. The summed E-state index contributed by atoms with van der Waals surface area (Å²) in [5.41, 5.74) is 3.86. The lowest BCUT2D eigenvalue weighted by Gasteiger charge is -2.11. The van der Waals surface area contributed by atoms with Gasteiger partial charge in [-0.15, -0.1) is 0 Å². The van der Waals surface area contributed by atoms with Crippen LogP contribution in [0, 0.1) is 0 Å². The third-order valence-corrected chi connectivity index (χ3v) is 4.25. The molecular formula is C19H13Cl2N3. The van der Waals surface area contributed by atoms with Gasteiger partial charge in [0.05, 0.1) is 11.0 Å². The molecule has 3 aromatic carbocycles. The SMILES string of the molecule is Clc1ccc(Nc2nc3ccccc3n2-c2ccc(Cl)cc2)cc1. The third-order valence-electron chi connectivity index (χ3n) is 3.75. The minimum atomic E-state index is 0.701. The lowest BCUT2D eigenvalue weighted by molar-refractivity contribution is 1.10. The van der Waals surface area contributed by atoms with Crippen molar-refractivity contribution in [2.75, 3.05) is 5.32 Å². The van der Waals surface area contributed by atoms with Crippen LogP contribution < -0.4 is 5.32 Å². The van der Waals surface area contributed by atoms with Crippen molar-refractivity contribution >= 4 is 45.9 Å². The van der Waals surface area contributed by atoms with Crippen LogP contribution in [0.4, 0.5) is 11.6 Å². The zero-order valence-electron chi connectivity index (χ0n) is 12.6. The van der Waals surface area contributed by atoms with Gasteiger partial charge in [0.2, 0.25) is 5.95 Å². The average Bonchev–Trinajstić information content (AvgIpc) is 2.96. The van der Waals surface area contributed by atoms with Crippen molar-refractivity contribution in [1.29, 1.82) is 0 Å². The third kappa shape index (κ3) is 2.84. The Kier molecular flexibility index (Phi) is 3.89. The van der Waals surface area contributed by atoms with Gasteiger partial charge in [0.25, 0.3) is 0 Å². The number of imidazole rings is 1. The Labute approximate surface area is 149 Å². The summed E-state index contributed by atoms with van der Waals surface area (Å²) < 4.78 is 2.07. The summed E-state index contributed by atoms with van der Waals surface area (Å²) in [5.74, 6) is 0.737. The van der Waals surface area contributed by atoms with Crippen molar-refractivity contribution in [2.45, 2.75) is 0 Å². The summed E-state index contributed by atoms with van der Waals surface area (Å²) in [6.07, 6.45) is 0. The van der Waals surface area contributed by atoms with Crippen molar-refractivity contribution in [3.8, 4) is 5.69 Å². The molecule has 4 aromatic rings. The molecule has 4 rings (SSSR count). The highest BCUT2D eigenvalue weighted by molar-refractivity contribution is 6.30. The quantitative estimate of drug-likeness (QED) is 0.483. The van der Waals surface area contributed by atoms with E-state index in [9.17, 15) is 0 Å². The fourth-order valence-electron chi connectivity index (χ4n) is 2.62. The molecule has 0 unspecified atom stereocenters. The van der Waals surface area contributed by atoms with Gasteiger partial charge < -0.3 is 5.32 Å². The lowest BCUT2D eigenvalue weighted by Crippen LogP contribution is -2.01. The molecule has 0 atom stereocenters. The number of benzene rings is 3. The van der Waals surface area contributed by atoms with E-state index in [1.807, 2.05) is 72.8 Å². The molecule has 3 nitrogen and oxygen atoms in total. The predicted octanol–water partition coefficient (Wildman–Crippen LogP) is 6.08. The maximum atomic E-state index is 6.02. The van der Waals surface area contributed by atoms with Gasteiger partial charge in [-0.25, -0.2) is 4.98 Å². The molecule has 5 heteroatoms. The van der Waals surface area contributed by atoms with Crippen molar-refractivity contribution in [2.24, 2.45) is 0 Å². The molecule has 0 aliphatic heterocycles. The van der Waals surface area contributed by atoms with Crippen LogP contribution in [0.15, 0.2) is 72.8 Å². The molecule has 1 heterocycles. The number of fused-ring (bicyclic) bond motifs is 1. The van der Waals surface area contributed by atoms with Gasteiger partial charge >= 0.3 is 0 Å². The van der Waals surface area contributed by atoms with E-state index < -0.39 is 0 Å². The summed E-state index contributed by atoms with van der Waals surface area (Å²) in [5, 5.41) is 4.77. The number of rotatable bonds is 3. The number of para-hydroxylation sites is 2. The van der Waals surface area contributed by atoms with Gasteiger partial charge in [-0.2, -0.15) is 0 Å². The standard InChI is InChI=1S/C19H13Cl2N3/c20-13-5-9-15(10-6-13)22-19-23-17-3-1-2-4-18(17)24(19)16-11-7-14(21)8-12-16/h1-12H,(H,22,23). The van der Waals surface area contributed by atoms with Crippen molar-refractivity contribution in [3.05, 3.63) is 82.8 Å². The number of aromatic nitrogens is 2. The van der Waals surface area contributed by atoms with Crippen LogP contribution in [-0.2, 0) is 0 Å². The Balaban J connectivity index is 1.86. The number of nitrogens with zero attached hydrogens (tertiary/aromatic N) is 2. The van der Waals surface area contributed by atoms with Crippen LogP contribution >= 0.6 is 23.2 Å². The highest BCUT2D eigenvalue weighted by atomic mass is 35.5. The first-order chi connectivity index (χ1) is 11.7. The van der Waals surface area contributed by atoms with Gasteiger partial charge in [-0.3, -0.25) is 4.57 Å². The maximum absolute atomic E-state index is 6.02. The van der Waals surface area contributed by atoms with E-state index in [1.165, 1.54) is 0 Å². The highest BCUT2D eigenvalue weighted by Gasteiger charge is 2.12. The topological polar surface area (TPSA) is 29.9 Å². The zero-order chi connectivity index (χ0) is 16.5. The fraction of sp³-hybridized carbons (Fsp3) is 0. The van der Waals surface area contributed by atoms with Crippen LogP contribution in [0.3, 0.4) is 0 Å². The van der Waals surface area contributed by atoms with E-state index in [1.54, 1.807) is 0 Å². The Morgan fingerprint density at radius 1 is 0.750 bits per heavy atom. The van der Waals surface area contributed by atoms with Crippen LogP contribution in [0.5, 0.6) is 0 Å². The predicted molar refractivity (Wildman–Crippen MR) is 101 cm³/mol. The Morgan fingerprint density at radius 3 is 2.08 bits per heavy atom. The van der Waals surface area contributed by atoms with Gasteiger partial charge in [0.1, 0.15) is 0 Å². The largest absolute Gasteiger partial charge is 0.325 e. The number of halogens is 2. The van der Waals surface area contributed by atoms with Crippen molar-refractivity contribution < 1.29 is 0 Å². The molecule has 0 saturated carbocycles. The second-order valence-electron chi connectivity index (χ2n) is 5.37. The summed E-state index contributed by atoms with van der Waals surface area (Å²) in [6, 6.07) is 23.3. The lowest BCUT2D eigenvalue weighted by atomic mass is 10.3. The smallest absolute Gasteiger partial charge is 0.213 e. The summed E-state index contributed by atoms with van der Waals surface area (Å²) in [6.45, 7) is 0. The first-order valence-corrected chi connectivity index (χ1v) is 8.22. The monoisotopic (exact) mass is 353 g/mol. The molecule has 1 N–H and O–H groups in total. The first-order valence-electron chi connectivity index (χ1n) is 7.47. The van der Waals surface area contributed by atoms with Crippen LogP contribution in [-0.4, -0.2) is 9.55 Å². The van der Waals surface area contributed by atoms with E-state index in [4.69, 9.17) is 28.2 Å². The van der Waals surface area contributed by atoms with Gasteiger partial charge in [-0.1, -0.05) is 35.3 Å². The Hall–Kier alpha value is -2.49. The van der Waals surface area contributed by atoms with E-state index in [2.05, 4.69) is 9.88 Å². The normalized spacial score (nSPS) is 10.9. The Bertz CT molecular complexity index is 989. The highest BCUT2D eigenvalue weighted by Crippen LogP contribution is 2.28. The molecule has 0 amide bonds. The minimum absolute atomic E-state index is 0.701. The first kappa shape index (κ1) is 15.1. The molecule has 1 aromatic heterocycles.